The van der Waals surface area contributed by atoms with Crippen LogP contribution in [0.25, 0.3) is 5.69 Å². The Kier molecular flexibility index (Phi) is 4.38. The fourth-order valence-corrected chi connectivity index (χ4v) is 3.81. The number of hydrogen-bond acceptors (Lipinski definition) is 5. The first kappa shape index (κ1) is 17.0. The molecule has 1 amide bonds. The molecule has 124 valence electrons. The van der Waals surface area contributed by atoms with Crippen LogP contribution in [0.15, 0.2) is 34.9 Å². The van der Waals surface area contributed by atoms with Crippen molar-refractivity contribution in [1.82, 2.24) is 9.78 Å². The summed E-state index contributed by atoms with van der Waals surface area (Å²) in [5, 5.41) is 12.4. The minimum Gasteiger partial charge on any atom is -0.294 e. The molecule has 0 bridgehead atoms. The molecule has 0 radical (unpaired) electrons. The van der Waals surface area contributed by atoms with E-state index in [1.807, 2.05) is 6.07 Å². The number of halogens is 2. The quantitative estimate of drug-likeness (QED) is 0.697. The lowest BCUT2D eigenvalue weighted by Gasteiger charge is -2.18. The van der Waals surface area contributed by atoms with Gasteiger partial charge in [0.05, 0.1) is 11.9 Å². The van der Waals surface area contributed by atoms with Gasteiger partial charge in [-0.05, 0) is 24.3 Å². The van der Waals surface area contributed by atoms with Crippen LogP contribution < -0.4 is 4.90 Å². The zero-order chi connectivity index (χ0) is 17.5. The van der Waals surface area contributed by atoms with Gasteiger partial charge in [0.25, 0.3) is 0 Å². The third-order valence-corrected chi connectivity index (χ3v) is 6.08. The van der Waals surface area contributed by atoms with Gasteiger partial charge in [0, 0.05) is 28.1 Å². The molecule has 0 aliphatic carbocycles. The number of carbonyl (C=O) groups is 1. The molecule has 2 aromatic rings. The molecule has 1 atom stereocenters. The second kappa shape index (κ2) is 6.20. The highest BCUT2D eigenvalue weighted by Gasteiger charge is 2.40. The monoisotopic (exact) mass is 428 g/mol. The van der Waals surface area contributed by atoms with Gasteiger partial charge in [-0.3, -0.25) is 9.69 Å². The molecule has 10 heteroatoms. The molecule has 7 nitrogen and oxygen atoms in total. The van der Waals surface area contributed by atoms with Crippen molar-refractivity contribution in [2.24, 2.45) is 0 Å². The average molecular weight is 430 g/mol. The van der Waals surface area contributed by atoms with Crippen molar-refractivity contribution in [1.29, 1.82) is 5.26 Å². The fraction of sp³-hybridized carbons (Fsp3) is 0.214. The van der Waals surface area contributed by atoms with Crippen LogP contribution in [0, 0.1) is 11.3 Å². The van der Waals surface area contributed by atoms with E-state index in [1.54, 1.807) is 24.3 Å². The number of amides is 1. The van der Waals surface area contributed by atoms with Crippen molar-refractivity contribution < 1.29 is 13.2 Å². The largest absolute Gasteiger partial charge is 0.294 e. The molecule has 3 rings (SSSR count). The molecule has 0 saturated carbocycles. The van der Waals surface area contributed by atoms with Crippen molar-refractivity contribution >= 4 is 47.4 Å². The number of aromatic nitrogens is 2. The van der Waals surface area contributed by atoms with Gasteiger partial charge in [-0.2, -0.15) is 10.4 Å². The van der Waals surface area contributed by atoms with E-state index in [4.69, 9.17) is 10.7 Å². The van der Waals surface area contributed by atoms with E-state index in [0.717, 1.165) is 4.47 Å². The Morgan fingerprint density at radius 2 is 2.00 bits per heavy atom. The topological polar surface area (TPSA) is 96.1 Å². The Labute approximate surface area is 151 Å². The molecule has 1 unspecified atom stereocenters. The Hall–Kier alpha value is -1.89. The Bertz CT molecular complexity index is 949. The van der Waals surface area contributed by atoms with Gasteiger partial charge in [0.1, 0.15) is 16.9 Å². The normalized spacial score (nSPS) is 18.0. The third kappa shape index (κ3) is 3.05. The van der Waals surface area contributed by atoms with E-state index >= 15 is 0 Å². The first-order valence-electron chi connectivity index (χ1n) is 6.79. The predicted molar refractivity (Wildman–Crippen MR) is 91.5 cm³/mol. The number of nitrogens with zero attached hydrogens (tertiary/aromatic N) is 4. The summed E-state index contributed by atoms with van der Waals surface area (Å²) >= 11 is 3.33. The summed E-state index contributed by atoms with van der Waals surface area (Å²) in [6.07, 6.45) is 1.12. The van der Waals surface area contributed by atoms with Crippen LogP contribution in [0.1, 0.15) is 12.0 Å². The lowest BCUT2D eigenvalue weighted by molar-refractivity contribution is -0.117. The predicted octanol–water partition coefficient (Wildman–Crippen LogP) is 2.18. The van der Waals surface area contributed by atoms with E-state index in [-0.39, 0.29) is 24.3 Å². The number of rotatable bonds is 3. The molecule has 2 heterocycles. The van der Waals surface area contributed by atoms with Gasteiger partial charge in [-0.1, -0.05) is 15.9 Å². The molecule has 1 aliphatic heterocycles. The first-order chi connectivity index (χ1) is 11.3. The number of carbonyl (C=O) groups excluding carboxylic acids is 1. The summed E-state index contributed by atoms with van der Waals surface area (Å²) in [7, 11) is 1.51. The van der Waals surface area contributed by atoms with Crippen LogP contribution in [-0.2, 0) is 13.8 Å². The molecule has 1 aromatic carbocycles. The maximum absolute atomic E-state index is 12.3. The van der Waals surface area contributed by atoms with Gasteiger partial charge in [-0.25, -0.2) is 13.1 Å². The zero-order valence-corrected chi connectivity index (χ0v) is 15.2. The van der Waals surface area contributed by atoms with Crippen LogP contribution >= 0.6 is 26.6 Å². The smallest absolute Gasteiger partial charge is 0.237 e. The van der Waals surface area contributed by atoms with E-state index in [0.29, 0.717) is 5.69 Å². The van der Waals surface area contributed by atoms with Crippen LogP contribution in [0.3, 0.4) is 0 Å². The van der Waals surface area contributed by atoms with Crippen molar-refractivity contribution in [3.63, 3.8) is 0 Å². The summed E-state index contributed by atoms with van der Waals surface area (Å²) in [5.74, 6) is -0.174. The summed E-state index contributed by atoms with van der Waals surface area (Å²) in [6.45, 7) is -0.110. The van der Waals surface area contributed by atoms with Crippen molar-refractivity contribution in [3.8, 4) is 11.8 Å². The number of anilines is 1. The van der Waals surface area contributed by atoms with E-state index < -0.39 is 20.2 Å². The second-order valence-corrected chi connectivity index (χ2v) is 9.01. The molecule has 24 heavy (non-hydrogen) atoms. The van der Waals surface area contributed by atoms with Crippen LogP contribution in [0.2, 0.25) is 0 Å². The molecule has 1 aromatic heterocycles. The van der Waals surface area contributed by atoms with Crippen LogP contribution in [-0.4, -0.2) is 35.9 Å². The van der Waals surface area contributed by atoms with Crippen molar-refractivity contribution in [3.05, 3.63) is 40.5 Å². The summed E-state index contributed by atoms with van der Waals surface area (Å²) in [6, 6.07) is 9.10. The standard InChI is InChI=1S/C14H10BrClN4O3S/c15-10-1-3-11(4-2-10)20-14(9(6-17)7-18-20)19-8-12(5-13(19)21)24(16,22)23/h1-4,7,12H,5,8H2. The average Bonchev–Trinajstić information content (AvgIpc) is 3.10. The first-order valence-corrected chi connectivity index (χ1v) is 9.95. The van der Waals surface area contributed by atoms with Crippen molar-refractivity contribution in [2.75, 3.05) is 11.4 Å². The van der Waals surface area contributed by atoms with Gasteiger partial charge in [0.15, 0.2) is 5.82 Å². The van der Waals surface area contributed by atoms with Gasteiger partial charge in [-0.15, -0.1) is 0 Å². The molecular weight excluding hydrogens is 420 g/mol. The lowest BCUT2D eigenvalue weighted by Crippen LogP contribution is -2.29. The minimum atomic E-state index is -3.87. The zero-order valence-electron chi connectivity index (χ0n) is 12.1. The van der Waals surface area contributed by atoms with Gasteiger partial charge < -0.3 is 0 Å². The summed E-state index contributed by atoms with van der Waals surface area (Å²) < 4.78 is 25.4. The highest BCUT2D eigenvalue weighted by Crippen LogP contribution is 2.31. The SMILES string of the molecule is N#Cc1cnn(-c2ccc(Br)cc2)c1N1CC(S(=O)(=O)Cl)CC1=O. The number of hydrogen-bond donors (Lipinski definition) is 0. The third-order valence-electron chi connectivity index (χ3n) is 3.68. The minimum absolute atomic E-state index is 0.110. The fourth-order valence-electron chi connectivity index (χ4n) is 2.52. The summed E-state index contributed by atoms with van der Waals surface area (Å²) in [4.78, 5) is 13.5. The maximum Gasteiger partial charge on any atom is 0.237 e. The molecule has 1 saturated heterocycles. The lowest BCUT2D eigenvalue weighted by atomic mass is 10.3. The molecular formula is C14H10BrClN4O3S. The van der Waals surface area contributed by atoms with Crippen molar-refractivity contribution in [2.45, 2.75) is 11.7 Å². The van der Waals surface area contributed by atoms with E-state index in [1.165, 1.54) is 15.8 Å². The van der Waals surface area contributed by atoms with Gasteiger partial charge in [0.2, 0.25) is 15.0 Å². The second-order valence-electron chi connectivity index (χ2n) is 5.19. The highest BCUT2D eigenvalue weighted by molar-refractivity contribution is 9.10. The Morgan fingerprint density at radius 3 is 2.54 bits per heavy atom. The Morgan fingerprint density at radius 1 is 1.33 bits per heavy atom. The van der Waals surface area contributed by atoms with Crippen LogP contribution in [0.4, 0.5) is 5.82 Å². The van der Waals surface area contributed by atoms with E-state index in [9.17, 15) is 18.5 Å². The Balaban J connectivity index is 2.08. The maximum atomic E-state index is 12.3. The number of nitriles is 1. The summed E-state index contributed by atoms with van der Waals surface area (Å²) in [5.41, 5.74) is 0.818. The highest BCUT2D eigenvalue weighted by atomic mass is 79.9. The van der Waals surface area contributed by atoms with E-state index in [2.05, 4.69) is 21.0 Å². The molecule has 0 spiro atoms. The van der Waals surface area contributed by atoms with Crippen LogP contribution in [0.5, 0.6) is 0 Å². The molecule has 0 N–H and O–H groups in total. The molecule has 1 fully saturated rings. The van der Waals surface area contributed by atoms with Gasteiger partial charge >= 0.3 is 0 Å². The number of benzene rings is 1. The molecule has 1 aliphatic rings.